The standard InChI is InChI=1S/C17H14N2/c1-2-12-3-4-14(11-17(12)18-8-1)13-5-6-16-15(10-13)7-9-19-16/h1-6,8,10-11,19H,7,9H2. The van der Waals surface area contributed by atoms with Gasteiger partial charge in [-0.05, 0) is 47.4 Å². The molecule has 0 saturated heterocycles. The molecule has 0 fully saturated rings. The third-order valence-corrected chi connectivity index (χ3v) is 3.75. The molecule has 4 rings (SSSR count). The van der Waals surface area contributed by atoms with Crippen LogP contribution < -0.4 is 5.32 Å². The van der Waals surface area contributed by atoms with E-state index in [2.05, 4.69) is 52.8 Å². The minimum Gasteiger partial charge on any atom is -0.384 e. The van der Waals surface area contributed by atoms with E-state index in [4.69, 9.17) is 0 Å². The molecule has 0 amide bonds. The van der Waals surface area contributed by atoms with E-state index in [0.29, 0.717) is 0 Å². The van der Waals surface area contributed by atoms with Gasteiger partial charge in [0.1, 0.15) is 0 Å². The van der Waals surface area contributed by atoms with Crippen molar-refractivity contribution in [1.29, 1.82) is 0 Å². The summed E-state index contributed by atoms with van der Waals surface area (Å²) in [6, 6.07) is 17.2. The number of aromatic nitrogens is 1. The van der Waals surface area contributed by atoms with E-state index in [0.717, 1.165) is 18.5 Å². The summed E-state index contributed by atoms with van der Waals surface area (Å²) in [5.74, 6) is 0. The molecule has 2 heterocycles. The first-order valence-electron chi connectivity index (χ1n) is 6.62. The first-order chi connectivity index (χ1) is 9.40. The van der Waals surface area contributed by atoms with Crippen molar-refractivity contribution < 1.29 is 0 Å². The van der Waals surface area contributed by atoms with Gasteiger partial charge in [-0.3, -0.25) is 4.98 Å². The van der Waals surface area contributed by atoms with Crippen LogP contribution in [0.4, 0.5) is 5.69 Å². The summed E-state index contributed by atoms with van der Waals surface area (Å²) in [7, 11) is 0. The number of rotatable bonds is 1. The lowest BCUT2D eigenvalue weighted by Gasteiger charge is -2.06. The predicted molar refractivity (Wildman–Crippen MR) is 79.4 cm³/mol. The van der Waals surface area contributed by atoms with Crippen molar-refractivity contribution in [2.75, 3.05) is 11.9 Å². The molecule has 1 aromatic heterocycles. The van der Waals surface area contributed by atoms with Gasteiger partial charge in [0, 0.05) is 23.8 Å². The van der Waals surface area contributed by atoms with E-state index in [1.807, 2.05) is 12.3 Å². The van der Waals surface area contributed by atoms with Gasteiger partial charge in [-0.15, -0.1) is 0 Å². The number of benzene rings is 2. The zero-order chi connectivity index (χ0) is 12.7. The predicted octanol–water partition coefficient (Wildman–Crippen LogP) is 3.87. The maximum Gasteiger partial charge on any atom is 0.0708 e. The third-order valence-electron chi connectivity index (χ3n) is 3.75. The van der Waals surface area contributed by atoms with Crippen LogP contribution in [-0.2, 0) is 6.42 Å². The number of pyridine rings is 1. The number of fused-ring (bicyclic) bond motifs is 2. The van der Waals surface area contributed by atoms with Gasteiger partial charge in [-0.1, -0.05) is 24.3 Å². The molecule has 19 heavy (non-hydrogen) atoms. The molecule has 0 aliphatic carbocycles. The molecule has 0 saturated carbocycles. The van der Waals surface area contributed by atoms with Crippen LogP contribution in [0, 0.1) is 0 Å². The van der Waals surface area contributed by atoms with Gasteiger partial charge in [-0.25, -0.2) is 0 Å². The topological polar surface area (TPSA) is 24.9 Å². The lowest BCUT2D eigenvalue weighted by atomic mass is 10.0. The molecular formula is C17H14N2. The highest BCUT2D eigenvalue weighted by atomic mass is 14.9. The van der Waals surface area contributed by atoms with Crippen LogP contribution in [0.1, 0.15) is 5.56 Å². The molecule has 1 N–H and O–H groups in total. The van der Waals surface area contributed by atoms with E-state index in [1.54, 1.807) is 0 Å². The second kappa shape index (κ2) is 4.09. The van der Waals surface area contributed by atoms with Crippen LogP contribution in [0.15, 0.2) is 54.7 Å². The Morgan fingerprint density at radius 2 is 1.84 bits per heavy atom. The largest absolute Gasteiger partial charge is 0.384 e. The molecular weight excluding hydrogens is 232 g/mol. The quantitative estimate of drug-likeness (QED) is 0.705. The zero-order valence-electron chi connectivity index (χ0n) is 10.6. The number of nitrogens with one attached hydrogen (secondary N) is 1. The number of hydrogen-bond donors (Lipinski definition) is 1. The van der Waals surface area contributed by atoms with Crippen LogP contribution in [-0.4, -0.2) is 11.5 Å². The highest BCUT2D eigenvalue weighted by molar-refractivity contribution is 5.84. The summed E-state index contributed by atoms with van der Waals surface area (Å²) in [5.41, 5.74) is 6.26. The van der Waals surface area contributed by atoms with Crippen molar-refractivity contribution in [3.05, 3.63) is 60.3 Å². The third kappa shape index (κ3) is 1.76. The lowest BCUT2D eigenvalue weighted by Crippen LogP contribution is -1.90. The molecule has 0 spiro atoms. The molecule has 2 heteroatoms. The van der Waals surface area contributed by atoms with Crippen LogP contribution in [0.25, 0.3) is 22.0 Å². The summed E-state index contributed by atoms with van der Waals surface area (Å²) < 4.78 is 0. The minimum absolute atomic E-state index is 1.05. The lowest BCUT2D eigenvalue weighted by molar-refractivity contribution is 1.11. The van der Waals surface area contributed by atoms with Crippen molar-refractivity contribution in [1.82, 2.24) is 4.98 Å². The molecule has 3 aromatic rings. The fourth-order valence-corrected chi connectivity index (χ4v) is 2.73. The Morgan fingerprint density at radius 1 is 0.947 bits per heavy atom. The highest BCUT2D eigenvalue weighted by Crippen LogP contribution is 2.29. The monoisotopic (exact) mass is 246 g/mol. The second-order valence-electron chi connectivity index (χ2n) is 4.96. The van der Waals surface area contributed by atoms with Gasteiger partial charge in [0.2, 0.25) is 0 Å². The SMILES string of the molecule is c1cnc2cc(-c3ccc4c(c3)CCN4)ccc2c1. The van der Waals surface area contributed by atoms with E-state index in [9.17, 15) is 0 Å². The summed E-state index contributed by atoms with van der Waals surface area (Å²) in [4.78, 5) is 4.43. The first-order valence-corrected chi connectivity index (χ1v) is 6.62. The van der Waals surface area contributed by atoms with E-state index in [1.165, 1.54) is 27.8 Å². The Bertz CT molecular complexity index is 762. The average molecular weight is 246 g/mol. The van der Waals surface area contributed by atoms with Crippen LogP contribution in [0.3, 0.4) is 0 Å². The highest BCUT2D eigenvalue weighted by Gasteiger charge is 2.10. The van der Waals surface area contributed by atoms with Crippen LogP contribution in [0.5, 0.6) is 0 Å². The van der Waals surface area contributed by atoms with Crippen molar-refractivity contribution in [2.24, 2.45) is 0 Å². The van der Waals surface area contributed by atoms with Gasteiger partial charge in [0.05, 0.1) is 5.52 Å². The normalized spacial score (nSPS) is 13.3. The summed E-state index contributed by atoms with van der Waals surface area (Å²) in [6.07, 6.45) is 2.97. The number of nitrogens with zero attached hydrogens (tertiary/aromatic N) is 1. The number of anilines is 1. The van der Waals surface area contributed by atoms with E-state index in [-0.39, 0.29) is 0 Å². The smallest absolute Gasteiger partial charge is 0.0708 e. The van der Waals surface area contributed by atoms with Crippen LogP contribution in [0.2, 0.25) is 0 Å². The Balaban J connectivity index is 1.85. The van der Waals surface area contributed by atoms with Gasteiger partial charge < -0.3 is 5.32 Å². The van der Waals surface area contributed by atoms with Crippen molar-refractivity contribution in [2.45, 2.75) is 6.42 Å². The van der Waals surface area contributed by atoms with Crippen LogP contribution >= 0.6 is 0 Å². The van der Waals surface area contributed by atoms with Crippen molar-refractivity contribution >= 4 is 16.6 Å². The summed E-state index contributed by atoms with van der Waals surface area (Å²) >= 11 is 0. The van der Waals surface area contributed by atoms with Gasteiger partial charge >= 0.3 is 0 Å². The fraction of sp³-hybridized carbons (Fsp3) is 0.118. The Hall–Kier alpha value is -2.35. The van der Waals surface area contributed by atoms with Crippen molar-refractivity contribution in [3.8, 4) is 11.1 Å². The first kappa shape index (κ1) is 10.6. The molecule has 0 bridgehead atoms. The second-order valence-corrected chi connectivity index (χ2v) is 4.96. The van der Waals surface area contributed by atoms with E-state index < -0.39 is 0 Å². The number of hydrogen-bond acceptors (Lipinski definition) is 2. The fourth-order valence-electron chi connectivity index (χ4n) is 2.73. The molecule has 0 atom stereocenters. The molecule has 0 radical (unpaired) electrons. The van der Waals surface area contributed by atoms with Crippen molar-refractivity contribution in [3.63, 3.8) is 0 Å². The maximum absolute atomic E-state index is 4.43. The molecule has 0 unspecified atom stereocenters. The maximum atomic E-state index is 4.43. The average Bonchev–Trinajstić information content (AvgIpc) is 2.94. The van der Waals surface area contributed by atoms with Gasteiger partial charge in [-0.2, -0.15) is 0 Å². The summed E-state index contributed by atoms with van der Waals surface area (Å²) in [6.45, 7) is 1.05. The molecule has 2 nitrogen and oxygen atoms in total. The molecule has 1 aliphatic rings. The van der Waals surface area contributed by atoms with Gasteiger partial charge in [0.15, 0.2) is 0 Å². The Kier molecular flexibility index (Phi) is 2.27. The molecule has 2 aromatic carbocycles. The Morgan fingerprint density at radius 3 is 2.84 bits per heavy atom. The minimum atomic E-state index is 1.05. The van der Waals surface area contributed by atoms with E-state index >= 15 is 0 Å². The van der Waals surface area contributed by atoms with Gasteiger partial charge in [0.25, 0.3) is 0 Å². The Labute approximate surface area is 112 Å². The summed E-state index contributed by atoms with van der Waals surface area (Å²) in [5, 5.41) is 4.59. The zero-order valence-corrected chi connectivity index (χ0v) is 10.6. The molecule has 1 aliphatic heterocycles. The molecule has 92 valence electrons.